The number of rotatable bonds is 4. The molecule has 24 heavy (non-hydrogen) atoms. The first kappa shape index (κ1) is 16.1. The minimum absolute atomic E-state index is 0.0410. The van der Waals surface area contributed by atoms with Gasteiger partial charge in [-0.05, 0) is 12.1 Å². The van der Waals surface area contributed by atoms with Gasteiger partial charge in [-0.1, -0.05) is 0 Å². The van der Waals surface area contributed by atoms with E-state index in [0.717, 1.165) is 5.56 Å². The summed E-state index contributed by atoms with van der Waals surface area (Å²) in [6, 6.07) is 3.63. The number of piperazine rings is 1. The van der Waals surface area contributed by atoms with Gasteiger partial charge in [-0.25, -0.2) is 0 Å². The number of aromatic nitrogens is 3. The van der Waals surface area contributed by atoms with Gasteiger partial charge in [0, 0.05) is 58.3 Å². The van der Waals surface area contributed by atoms with E-state index in [9.17, 15) is 9.59 Å². The molecular formula is C16H19N5O3. The molecular weight excluding hydrogens is 310 g/mol. The Morgan fingerprint density at radius 2 is 1.92 bits per heavy atom. The number of amides is 2. The van der Waals surface area contributed by atoms with E-state index in [0.29, 0.717) is 50.8 Å². The Morgan fingerprint density at radius 1 is 1.17 bits per heavy atom. The quantitative estimate of drug-likeness (QED) is 0.822. The third-order valence-electron chi connectivity index (χ3n) is 4.01. The number of carbonyl (C=O) groups excluding carboxylic acids is 2. The van der Waals surface area contributed by atoms with Crippen LogP contribution in [0.2, 0.25) is 0 Å². The fourth-order valence-corrected chi connectivity index (χ4v) is 2.60. The van der Waals surface area contributed by atoms with Crippen LogP contribution in [0.4, 0.5) is 0 Å². The first-order chi connectivity index (χ1) is 11.6. The molecule has 0 N–H and O–H groups in total. The molecule has 0 bridgehead atoms. The molecule has 0 unspecified atom stereocenters. The third-order valence-corrected chi connectivity index (χ3v) is 4.01. The van der Waals surface area contributed by atoms with Crippen molar-refractivity contribution in [3.8, 4) is 11.5 Å². The molecule has 0 atom stereocenters. The zero-order chi connectivity index (χ0) is 16.9. The first-order valence-electron chi connectivity index (χ1n) is 7.89. The van der Waals surface area contributed by atoms with Gasteiger partial charge in [-0.15, -0.1) is 10.2 Å². The highest BCUT2D eigenvalue weighted by molar-refractivity contribution is 5.77. The molecule has 2 aromatic heterocycles. The average Bonchev–Trinajstić information content (AvgIpc) is 3.09. The molecule has 8 heteroatoms. The van der Waals surface area contributed by atoms with Gasteiger partial charge in [0.25, 0.3) is 0 Å². The predicted octanol–water partition coefficient (Wildman–Crippen LogP) is 0.755. The van der Waals surface area contributed by atoms with Gasteiger partial charge in [0.15, 0.2) is 0 Å². The van der Waals surface area contributed by atoms with Crippen LogP contribution in [0.3, 0.4) is 0 Å². The van der Waals surface area contributed by atoms with Crippen molar-refractivity contribution < 1.29 is 14.0 Å². The maximum absolute atomic E-state index is 12.2. The SMILES string of the molecule is CC(=O)N1CCN(C(=O)CCc2nnc(-c3cccnc3)o2)CC1. The molecule has 3 rings (SSSR count). The Labute approximate surface area is 139 Å². The van der Waals surface area contributed by atoms with Crippen LogP contribution in [0, 0.1) is 0 Å². The van der Waals surface area contributed by atoms with Crippen LogP contribution in [-0.4, -0.2) is 63.0 Å². The molecule has 0 spiro atoms. The second-order valence-corrected chi connectivity index (χ2v) is 5.63. The van der Waals surface area contributed by atoms with Crippen molar-refractivity contribution in [3.63, 3.8) is 0 Å². The van der Waals surface area contributed by atoms with E-state index in [4.69, 9.17) is 4.42 Å². The van der Waals surface area contributed by atoms with Crippen molar-refractivity contribution in [2.75, 3.05) is 26.2 Å². The zero-order valence-electron chi connectivity index (χ0n) is 13.5. The van der Waals surface area contributed by atoms with E-state index in [2.05, 4.69) is 15.2 Å². The summed E-state index contributed by atoms with van der Waals surface area (Å²) in [5, 5.41) is 7.96. The summed E-state index contributed by atoms with van der Waals surface area (Å²) < 4.78 is 5.57. The van der Waals surface area contributed by atoms with Crippen molar-refractivity contribution in [2.24, 2.45) is 0 Å². The van der Waals surface area contributed by atoms with Gasteiger partial charge >= 0.3 is 0 Å². The predicted molar refractivity (Wildman–Crippen MR) is 84.7 cm³/mol. The van der Waals surface area contributed by atoms with Crippen LogP contribution < -0.4 is 0 Å². The monoisotopic (exact) mass is 329 g/mol. The van der Waals surface area contributed by atoms with E-state index in [1.54, 1.807) is 35.2 Å². The van der Waals surface area contributed by atoms with Crippen LogP contribution >= 0.6 is 0 Å². The van der Waals surface area contributed by atoms with E-state index in [1.165, 1.54) is 0 Å². The molecule has 0 aromatic carbocycles. The number of pyridine rings is 1. The summed E-state index contributed by atoms with van der Waals surface area (Å²) in [6.45, 7) is 3.87. The van der Waals surface area contributed by atoms with Crippen molar-refractivity contribution >= 4 is 11.8 Å². The molecule has 0 radical (unpaired) electrons. The molecule has 0 saturated carbocycles. The molecule has 1 fully saturated rings. The first-order valence-corrected chi connectivity index (χ1v) is 7.89. The van der Waals surface area contributed by atoms with E-state index in [-0.39, 0.29) is 11.8 Å². The Kier molecular flexibility index (Phi) is 4.83. The Morgan fingerprint density at radius 3 is 2.58 bits per heavy atom. The van der Waals surface area contributed by atoms with Gasteiger partial charge in [0.05, 0.1) is 5.56 Å². The van der Waals surface area contributed by atoms with Crippen LogP contribution in [0.25, 0.3) is 11.5 Å². The molecule has 2 amide bonds. The summed E-state index contributed by atoms with van der Waals surface area (Å²) in [7, 11) is 0. The lowest BCUT2D eigenvalue weighted by Gasteiger charge is -2.34. The average molecular weight is 329 g/mol. The maximum atomic E-state index is 12.2. The lowest BCUT2D eigenvalue weighted by atomic mass is 10.2. The highest BCUT2D eigenvalue weighted by Crippen LogP contribution is 2.17. The van der Waals surface area contributed by atoms with Gasteiger partial charge in [-0.3, -0.25) is 14.6 Å². The van der Waals surface area contributed by atoms with E-state index < -0.39 is 0 Å². The summed E-state index contributed by atoms with van der Waals surface area (Å²) in [5.41, 5.74) is 0.753. The normalized spacial score (nSPS) is 14.7. The van der Waals surface area contributed by atoms with Crippen molar-refractivity contribution in [1.82, 2.24) is 25.0 Å². The number of hydrogen-bond donors (Lipinski definition) is 0. The number of carbonyl (C=O) groups is 2. The van der Waals surface area contributed by atoms with E-state index >= 15 is 0 Å². The molecule has 126 valence electrons. The molecule has 2 aromatic rings. The Bertz CT molecular complexity index is 708. The topological polar surface area (TPSA) is 92.4 Å². The second-order valence-electron chi connectivity index (χ2n) is 5.63. The lowest BCUT2D eigenvalue weighted by molar-refractivity contribution is -0.138. The van der Waals surface area contributed by atoms with Crippen LogP contribution in [0.5, 0.6) is 0 Å². The summed E-state index contributed by atoms with van der Waals surface area (Å²) in [4.78, 5) is 31.1. The van der Waals surface area contributed by atoms with E-state index in [1.807, 2.05) is 6.07 Å². The summed E-state index contributed by atoms with van der Waals surface area (Å²) in [6.07, 6.45) is 4.04. The molecule has 1 aliphatic heterocycles. The fourth-order valence-electron chi connectivity index (χ4n) is 2.60. The van der Waals surface area contributed by atoms with Crippen molar-refractivity contribution in [3.05, 3.63) is 30.4 Å². The standard InChI is InChI=1S/C16H19N5O3/c1-12(22)20-7-9-21(10-8-20)15(23)5-4-14-18-19-16(24-14)13-3-2-6-17-11-13/h2-3,6,11H,4-5,7-10H2,1H3. The van der Waals surface area contributed by atoms with Crippen LogP contribution in [-0.2, 0) is 16.0 Å². The largest absolute Gasteiger partial charge is 0.421 e. The van der Waals surface area contributed by atoms with Crippen molar-refractivity contribution in [1.29, 1.82) is 0 Å². The Hall–Kier alpha value is -2.77. The Balaban J connectivity index is 1.50. The molecule has 8 nitrogen and oxygen atoms in total. The summed E-state index contributed by atoms with van der Waals surface area (Å²) in [5.74, 6) is 0.931. The smallest absolute Gasteiger partial charge is 0.249 e. The van der Waals surface area contributed by atoms with Gasteiger partial charge in [0.2, 0.25) is 23.6 Å². The van der Waals surface area contributed by atoms with Crippen molar-refractivity contribution in [2.45, 2.75) is 19.8 Å². The van der Waals surface area contributed by atoms with Gasteiger partial charge in [0.1, 0.15) is 0 Å². The number of nitrogens with zero attached hydrogens (tertiary/aromatic N) is 5. The van der Waals surface area contributed by atoms with Gasteiger partial charge < -0.3 is 14.2 Å². The van der Waals surface area contributed by atoms with Crippen LogP contribution in [0.15, 0.2) is 28.9 Å². The molecule has 3 heterocycles. The van der Waals surface area contributed by atoms with Gasteiger partial charge in [-0.2, -0.15) is 0 Å². The minimum atomic E-state index is 0.0410. The fraction of sp³-hybridized carbons (Fsp3) is 0.438. The highest BCUT2D eigenvalue weighted by atomic mass is 16.4. The number of aryl methyl sites for hydroxylation is 1. The molecule has 1 saturated heterocycles. The maximum Gasteiger partial charge on any atom is 0.249 e. The van der Waals surface area contributed by atoms with Crippen LogP contribution in [0.1, 0.15) is 19.2 Å². The number of hydrogen-bond acceptors (Lipinski definition) is 6. The molecule has 0 aliphatic carbocycles. The highest BCUT2D eigenvalue weighted by Gasteiger charge is 2.22. The lowest BCUT2D eigenvalue weighted by Crippen LogP contribution is -2.50. The zero-order valence-corrected chi connectivity index (χ0v) is 13.5. The third kappa shape index (κ3) is 3.76. The molecule has 1 aliphatic rings. The second kappa shape index (κ2) is 7.20. The summed E-state index contributed by atoms with van der Waals surface area (Å²) >= 11 is 0. The minimum Gasteiger partial charge on any atom is -0.421 e.